The van der Waals surface area contributed by atoms with Crippen molar-refractivity contribution in [3.05, 3.63) is 17.5 Å². The van der Waals surface area contributed by atoms with Gasteiger partial charge in [-0.2, -0.15) is 0 Å². The summed E-state index contributed by atoms with van der Waals surface area (Å²) in [6.07, 6.45) is 3.30. The second-order valence-corrected chi connectivity index (χ2v) is 5.58. The van der Waals surface area contributed by atoms with Crippen molar-refractivity contribution in [2.24, 2.45) is 0 Å². The molecule has 1 aliphatic heterocycles. The van der Waals surface area contributed by atoms with Crippen LogP contribution in [0.5, 0.6) is 0 Å². The Labute approximate surface area is 107 Å². The molecule has 1 N–H and O–H groups in total. The summed E-state index contributed by atoms with van der Waals surface area (Å²) in [6, 6.07) is 2.53. The average molecular weight is 249 g/mol. The molecular formula is C13H19N3O2. The summed E-state index contributed by atoms with van der Waals surface area (Å²) in [5, 5.41) is 6.88. The predicted octanol–water partition coefficient (Wildman–Crippen LogP) is 1.37. The van der Waals surface area contributed by atoms with Crippen LogP contribution in [0.15, 0.2) is 10.6 Å². The van der Waals surface area contributed by atoms with Gasteiger partial charge >= 0.3 is 0 Å². The summed E-state index contributed by atoms with van der Waals surface area (Å²) >= 11 is 0. The van der Waals surface area contributed by atoms with Crippen LogP contribution < -0.4 is 5.32 Å². The minimum atomic E-state index is -0.113. The van der Waals surface area contributed by atoms with E-state index in [4.69, 9.17) is 4.52 Å². The van der Waals surface area contributed by atoms with Crippen LogP contribution in [-0.2, 0) is 0 Å². The van der Waals surface area contributed by atoms with E-state index in [1.807, 2.05) is 0 Å². The molecule has 1 amide bonds. The van der Waals surface area contributed by atoms with E-state index < -0.39 is 0 Å². The van der Waals surface area contributed by atoms with Gasteiger partial charge in [0.1, 0.15) is 5.76 Å². The lowest BCUT2D eigenvalue weighted by Crippen LogP contribution is -2.36. The molecule has 1 aromatic rings. The van der Waals surface area contributed by atoms with Gasteiger partial charge in [0.05, 0.1) is 0 Å². The minimum Gasteiger partial charge on any atom is -0.360 e. The zero-order valence-corrected chi connectivity index (χ0v) is 10.8. The molecule has 2 fully saturated rings. The van der Waals surface area contributed by atoms with Gasteiger partial charge in [-0.25, -0.2) is 0 Å². The highest BCUT2D eigenvalue weighted by Crippen LogP contribution is 2.40. The summed E-state index contributed by atoms with van der Waals surface area (Å²) in [6.45, 7) is 3.08. The Balaban J connectivity index is 1.60. The molecule has 1 saturated carbocycles. The van der Waals surface area contributed by atoms with E-state index in [0.717, 1.165) is 31.6 Å². The number of aromatic nitrogens is 1. The lowest BCUT2D eigenvalue weighted by Gasteiger charge is -2.12. The van der Waals surface area contributed by atoms with E-state index >= 15 is 0 Å². The molecule has 5 nitrogen and oxygen atoms in total. The second-order valence-electron chi connectivity index (χ2n) is 5.58. The Morgan fingerprint density at radius 3 is 2.94 bits per heavy atom. The molecule has 5 heteroatoms. The van der Waals surface area contributed by atoms with Crippen LogP contribution in [0.2, 0.25) is 0 Å². The van der Waals surface area contributed by atoms with Crippen molar-refractivity contribution >= 4 is 5.91 Å². The molecule has 1 aromatic heterocycles. The molecule has 0 spiro atoms. The van der Waals surface area contributed by atoms with Crippen LogP contribution in [0.4, 0.5) is 0 Å². The number of carbonyl (C=O) groups excluding carboxylic acids is 1. The Hall–Kier alpha value is -1.36. The van der Waals surface area contributed by atoms with Crippen molar-refractivity contribution in [2.45, 2.75) is 44.2 Å². The molecule has 1 aliphatic carbocycles. The van der Waals surface area contributed by atoms with Gasteiger partial charge in [-0.05, 0) is 33.2 Å². The first-order valence-electron chi connectivity index (χ1n) is 6.61. The number of nitrogens with one attached hydrogen (secondary N) is 1. The zero-order valence-electron chi connectivity index (χ0n) is 10.8. The fraction of sp³-hybridized carbons (Fsp3) is 0.692. The van der Waals surface area contributed by atoms with E-state index in [1.165, 1.54) is 0 Å². The first kappa shape index (κ1) is 11.7. The van der Waals surface area contributed by atoms with Gasteiger partial charge in [-0.3, -0.25) is 4.79 Å². The maximum atomic E-state index is 12.0. The molecule has 2 atom stereocenters. The quantitative estimate of drug-likeness (QED) is 0.879. The van der Waals surface area contributed by atoms with Crippen molar-refractivity contribution < 1.29 is 9.32 Å². The summed E-state index contributed by atoms with van der Waals surface area (Å²) in [4.78, 5) is 14.3. The number of hydrogen-bond donors (Lipinski definition) is 1. The molecule has 18 heavy (non-hydrogen) atoms. The number of hydrogen-bond acceptors (Lipinski definition) is 4. The van der Waals surface area contributed by atoms with Gasteiger partial charge in [0, 0.05) is 30.6 Å². The van der Waals surface area contributed by atoms with Crippen molar-refractivity contribution in [3.63, 3.8) is 0 Å². The van der Waals surface area contributed by atoms with E-state index in [-0.39, 0.29) is 11.9 Å². The molecule has 2 aliphatic rings. The minimum absolute atomic E-state index is 0.113. The molecule has 2 heterocycles. The SMILES string of the molecule is C[C@@H]1C[C@H](NC(=O)c2cc(C3CC3)on2)CN1C. The van der Waals surface area contributed by atoms with Crippen molar-refractivity contribution in [1.82, 2.24) is 15.4 Å². The highest BCUT2D eigenvalue weighted by Gasteiger charge is 2.31. The normalized spacial score (nSPS) is 28.6. The summed E-state index contributed by atoms with van der Waals surface area (Å²) < 4.78 is 5.20. The highest BCUT2D eigenvalue weighted by molar-refractivity contribution is 5.92. The highest BCUT2D eigenvalue weighted by atomic mass is 16.5. The van der Waals surface area contributed by atoms with Crippen molar-refractivity contribution in [3.8, 4) is 0 Å². The Kier molecular flexibility index (Phi) is 2.86. The van der Waals surface area contributed by atoms with Crippen LogP contribution >= 0.6 is 0 Å². The van der Waals surface area contributed by atoms with E-state index in [0.29, 0.717) is 17.7 Å². The van der Waals surface area contributed by atoms with Crippen LogP contribution in [0.1, 0.15) is 48.4 Å². The predicted molar refractivity (Wildman–Crippen MR) is 66.4 cm³/mol. The van der Waals surface area contributed by atoms with E-state index in [9.17, 15) is 4.79 Å². The summed E-state index contributed by atoms with van der Waals surface area (Å²) in [5.41, 5.74) is 0.416. The van der Waals surface area contributed by atoms with Crippen LogP contribution in [-0.4, -0.2) is 41.6 Å². The molecular weight excluding hydrogens is 230 g/mol. The number of amides is 1. The first-order chi connectivity index (χ1) is 8.63. The summed E-state index contributed by atoms with van der Waals surface area (Å²) in [7, 11) is 2.08. The lowest BCUT2D eigenvalue weighted by molar-refractivity contribution is 0.0929. The third-order valence-electron chi connectivity index (χ3n) is 3.96. The molecule has 3 rings (SSSR count). The van der Waals surface area contributed by atoms with E-state index in [1.54, 1.807) is 6.07 Å². The Bertz CT molecular complexity index is 443. The van der Waals surface area contributed by atoms with Gasteiger partial charge in [-0.15, -0.1) is 0 Å². The Morgan fingerprint density at radius 1 is 1.56 bits per heavy atom. The topological polar surface area (TPSA) is 58.4 Å². The maximum Gasteiger partial charge on any atom is 0.273 e. The van der Waals surface area contributed by atoms with Gasteiger partial charge in [0.25, 0.3) is 5.91 Å². The molecule has 1 saturated heterocycles. The maximum absolute atomic E-state index is 12.0. The monoisotopic (exact) mass is 249 g/mol. The zero-order chi connectivity index (χ0) is 12.7. The molecule has 0 bridgehead atoms. The largest absolute Gasteiger partial charge is 0.360 e. The van der Waals surface area contributed by atoms with Gasteiger partial charge < -0.3 is 14.7 Å². The second kappa shape index (κ2) is 4.39. The van der Waals surface area contributed by atoms with Gasteiger partial charge in [0.15, 0.2) is 5.69 Å². The van der Waals surface area contributed by atoms with Crippen LogP contribution in [0.3, 0.4) is 0 Å². The molecule has 98 valence electrons. The standard InChI is InChI=1S/C13H19N3O2/c1-8-5-10(7-16(8)2)14-13(17)11-6-12(18-15-11)9-3-4-9/h6,8-10H,3-5,7H2,1-2H3,(H,14,17)/t8-,10+/m1/s1. The van der Waals surface area contributed by atoms with Crippen molar-refractivity contribution in [1.29, 1.82) is 0 Å². The van der Waals surface area contributed by atoms with E-state index in [2.05, 4.69) is 29.3 Å². The lowest BCUT2D eigenvalue weighted by atomic mass is 10.2. The molecule has 0 unspecified atom stereocenters. The smallest absolute Gasteiger partial charge is 0.273 e. The number of rotatable bonds is 3. The number of carbonyl (C=O) groups is 1. The van der Waals surface area contributed by atoms with Gasteiger partial charge in [-0.1, -0.05) is 5.16 Å². The van der Waals surface area contributed by atoms with Crippen molar-refractivity contribution in [2.75, 3.05) is 13.6 Å². The van der Waals surface area contributed by atoms with Gasteiger partial charge in [0.2, 0.25) is 0 Å². The molecule has 0 aromatic carbocycles. The fourth-order valence-electron chi connectivity index (χ4n) is 2.51. The molecule has 0 radical (unpaired) electrons. The number of likely N-dealkylation sites (tertiary alicyclic amines) is 1. The number of nitrogens with zero attached hydrogens (tertiary/aromatic N) is 2. The third-order valence-corrected chi connectivity index (χ3v) is 3.96. The summed E-state index contributed by atoms with van der Waals surface area (Å²) in [5.74, 6) is 1.24. The first-order valence-corrected chi connectivity index (χ1v) is 6.61. The number of likely N-dealkylation sites (N-methyl/N-ethyl adjacent to an activating group) is 1. The fourth-order valence-corrected chi connectivity index (χ4v) is 2.51. The van der Waals surface area contributed by atoms with Crippen LogP contribution in [0, 0.1) is 0 Å². The third kappa shape index (κ3) is 2.27. The Morgan fingerprint density at radius 2 is 2.33 bits per heavy atom. The van der Waals surface area contributed by atoms with Crippen LogP contribution in [0.25, 0.3) is 0 Å². The average Bonchev–Trinajstić information content (AvgIpc) is 2.97.